The first kappa shape index (κ1) is 16.5. The highest BCUT2D eigenvalue weighted by molar-refractivity contribution is 7.71. The molecule has 0 fully saturated rings. The van der Waals surface area contributed by atoms with Crippen molar-refractivity contribution in [1.29, 1.82) is 0 Å². The summed E-state index contributed by atoms with van der Waals surface area (Å²) in [5.41, 5.74) is 4.87. The summed E-state index contributed by atoms with van der Waals surface area (Å²) in [6.07, 6.45) is 0. The van der Waals surface area contributed by atoms with Crippen molar-refractivity contribution in [3.8, 4) is 5.75 Å². The van der Waals surface area contributed by atoms with Crippen LogP contribution in [0.3, 0.4) is 0 Å². The Labute approximate surface area is 148 Å². The molecule has 0 saturated heterocycles. The quantitative estimate of drug-likeness (QED) is 0.626. The van der Waals surface area contributed by atoms with Gasteiger partial charge in [0.1, 0.15) is 5.75 Å². The zero-order chi connectivity index (χ0) is 17.1. The second-order valence-corrected chi connectivity index (χ2v) is 6.33. The Bertz CT molecular complexity index is 894. The molecule has 0 aliphatic rings. The van der Waals surface area contributed by atoms with Crippen molar-refractivity contribution in [3.63, 3.8) is 0 Å². The second kappa shape index (κ2) is 7.05. The van der Waals surface area contributed by atoms with E-state index >= 15 is 0 Å². The Kier molecular flexibility index (Phi) is 4.86. The number of methoxy groups -OCH3 is 1. The highest BCUT2D eigenvalue weighted by Gasteiger charge is 2.12. The molecule has 24 heavy (non-hydrogen) atoms. The minimum absolute atomic E-state index is 0.754. The van der Waals surface area contributed by atoms with Crippen LogP contribution >= 0.6 is 12.2 Å². The first-order valence-electron chi connectivity index (χ1n) is 8.03. The molecule has 0 unspecified atom stereocenters. The molecule has 0 saturated carbocycles. The molecule has 0 bridgehead atoms. The van der Waals surface area contributed by atoms with Crippen molar-refractivity contribution >= 4 is 12.2 Å². The van der Waals surface area contributed by atoms with E-state index in [2.05, 4.69) is 59.4 Å². The van der Waals surface area contributed by atoms with E-state index in [-0.39, 0.29) is 0 Å². The van der Waals surface area contributed by atoms with Crippen LogP contribution in [0.5, 0.6) is 5.75 Å². The minimum atomic E-state index is 0.754. The van der Waals surface area contributed by atoms with Crippen LogP contribution in [0, 0.1) is 18.6 Å². The van der Waals surface area contributed by atoms with Crippen LogP contribution in [-0.4, -0.2) is 16.2 Å². The van der Waals surface area contributed by atoms with Gasteiger partial charge in [-0.3, -0.25) is 0 Å². The molecule has 0 spiro atoms. The average Bonchev–Trinajstić information content (AvgIpc) is 2.81. The fourth-order valence-corrected chi connectivity index (χ4v) is 3.32. The van der Waals surface area contributed by atoms with Gasteiger partial charge >= 0.3 is 0 Å². The third-order valence-corrected chi connectivity index (χ3v) is 4.89. The van der Waals surface area contributed by atoms with Gasteiger partial charge in [-0.2, -0.15) is 0 Å². The summed E-state index contributed by atoms with van der Waals surface area (Å²) in [7, 11) is 1.69. The molecule has 1 aromatic heterocycles. The van der Waals surface area contributed by atoms with Crippen molar-refractivity contribution in [2.24, 2.45) is 0 Å². The molecule has 0 aliphatic heterocycles. The van der Waals surface area contributed by atoms with Crippen molar-refractivity contribution in [2.75, 3.05) is 7.11 Å². The average molecular weight is 338 g/mol. The maximum Gasteiger partial charge on any atom is 0.180 e. The van der Waals surface area contributed by atoms with Crippen molar-refractivity contribution < 1.29 is 4.74 Å². The smallest absolute Gasteiger partial charge is 0.180 e. The number of hydrogen-bond acceptors (Lipinski definition) is 2. The van der Waals surface area contributed by atoms with Gasteiger partial charge in [-0.15, -0.1) is 0 Å². The van der Waals surface area contributed by atoms with Crippen LogP contribution in [0.4, 0.5) is 0 Å². The normalized spacial score (nSPS) is 10.8. The third kappa shape index (κ3) is 3.29. The Balaban J connectivity index is 1.94. The van der Waals surface area contributed by atoms with E-state index in [0.29, 0.717) is 0 Å². The maximum absolute atomic E-state index is 5.75. The fourth-order valence-electron chi connectivity index (χ4n) is 2.92. The van der Waals surface area contributed by atoms with E-state index < -0.39 is 0 Å². The first-order valence-corrected chi connectivity index (χ1v) is 8.44. The lowest BCUT2D eigenvalue weighted by Crippen LogP contribution is -2.05. The molecule has 1 heterocycles. The Morgan fingerprint density at radius 2 is 1.42 bits per heavy atom. The standard InChI is InChI=1S/C20H22N2OS/c1-15-16(2)22(14-18-10-7-11-19(12-18)23-3)20(24)21(15)13-17-8-5-4-6-9-17/h4-12H,13-14H2,1-3H3. The molecule has 0 atom stereocenters. The second-order valence-electron chi connectivity index (χ2n) is 5.96. The van der Waals surface area contributed by atoms with Crippen LogP contribution in [-0.2, 0) is 13.1 Å². The monoisotopic (exact) mass is 338 g/mol. The number of ether oxygens (including phenoxy) is 1. The van der Waals surface area contributed by atoms with Gasteiger partial charge in [0, 0.05) is 11.4 Å². The SMILES string of the molecule is COc1cccc(Cn2c(C)c(C)n(Cc3ccccc3)c2=S)c1. The van der Waals surface area contributed by atoms with Gasteiger partial charge in [0.15, 0.2) is 4.77 Å². The summed E-state index contributed by atoms with van der Waals surface area (Å²) in [5.74, 6) is 0.872. The van der Waals surface area contributed by atoms with Gasteiger partial charge in [-0.05, 0) is 49.3 Å². The van der Waals surface area contributed by atoms with Crippen LogP contribution in [0.1, 0.15) is 22.5 Å². The molecule has 3 rings (SSSR count). The highest BCUT2D eigenvalue weighted by Crippen LogP contribution is 2.19. The summed E-state index contributed by atoms with van der Waals surface area (Å²) in [4.78, 5) is 0. The lowest BCUT2D eigenvalue weighted by atomic mass is 10.2. The molecular weight excluding hydrogens is 316 g/mol. The lowest BCUT2D eigenvalue weighted by Gasteiger charge is -2.08. The molecule has 4 heteroatoms. The third-order valence-electron chi connectivity index (χ3n) is 4.45. The molecule has 0 aliphatic carbocycles. The summed E-state index contributed by atoms with van der Waals surface area (Å²) in [5, 5.41) is 0. The molecule has 0 radical (unpaired) electrons. The van der Waals surface area contributed by atoms with Gasteiger partial charge in [-0.1, -0.05) is 42.5 Å². The van der Waals surface area contributed by atoms with Crippen LogP contribution in [0.15, 0.2) is 54.6 Å². The number of nitrogens with zero attached hydrogens (tertiary/aromatic N) is 2. The molecule has 3 aromatic rings. The first-order chi connectivity index (χ1) is 11.6. The molecule has 124 valence electrons. The van der Waals surface area contributed by atoms with Gasteiger partial charge in [0.05, 0.1) is 20.2 Å². The van der Waals surface area contributed by atoms with Gasteiger partial charge in [-0.25, -0.2) is 0 Å². The number of hydrogen-bond donors (Lipinski definition) is 0. The summed E-state index contributed by atoms with van der Waals surface area (Å²) >= 11 is 5.75. The molecule has 2 aromatic carbocycles. The number of benzene rings is 2. The van der Waals surface area contributed by atoms with E-state index in [1.165, 1.54) is 22.5 Å². The Morgan fingerprint density at radius 3 is 2.04 bits per heavy atom. The predicted molar refractivity (Wildman–Crippen MR) is 100 cm³/mol. The molecule has 3 nitrogen and oxygen atoms in total. The van der Waals surface area contributed by atoms with Crippen LogP contribution in [0.2, 0.25) is 0 Å². The van der Waals surface area contributed by atoms with E-state index in [4.69, 9.17) is 17.0 Å². The lowest BCUT2D eigenvalue weighted by molar-refractivity contribution is 0.414. The summed E-state index contributed by atoms with van der Waals surface area (Å²) < 4.78 is 10.6. The van der Waals surface area contributed by atoms with Crippen molar-refractivity contribution in [1.82, 2.24) is 9.13 Å². The number of rotatable bonds is 5. The summed E-state index contributed by atoms with van der Waals surface area (Å²) in [6, 6.07) is 18.6. The predicted octanol–water partition coefficient (Wildman–Crippen LogP) is 4.74. The molecule has 0 N–H and O–H groups in total. The van der Waals surface area contributed by atoms with Crippen molar-refractivity contribution in [3.05, 3.63) is 81.9 Å². The largest absolute Gasteiger partial charge is 0.497 e. The zero-order valence-corrected chi connectivity index (χ0v) is 15.1. The molecule has 0 amide bonds. The Morgan fingerprint density at radius 1 is 0.833 bits per heavy atom. The van der Waals surface area contributed by atoms with E-state index in [1.54, 1.807) is 7.11 Å². The van der Waals surface area contributed by atoms with E-state index in [9.17, 15) is 0 Å². The topological polar surface area (TPSA) is 19.1 Å². The Hall–Kier alpha value is -2.33. The minimum Gasteiger partial charge on any atom is -0.497 e. The number of aromatic nitrogens is 2. The van der Waals surface area contributed by atoms with E-state index in [1.807, 2.05) is 18.2 Å². The zero-order valence-electron chi connectivity index (χ0n) is 14.3. The van der Waals surface area contributed by atoms with E-state index in [0.717, 1.165) is 23.6 Å². The van der Waals surface area contributed by atoms with Gasteiger partial charge in [0.25, 0.3) is 0 Å². The number of imidazole rings is 1. The van der Waals surface area contributed by atoms with Gasteiger partial charge in [0.2, 0.25) is 0 Å². The maximum atomic E-state index is 5.75. The molecular formula is C20H22N2OS. The van der Waals surface area contributed by atoms with Gasteiger partial charge < -0.3 is 13.9 Å². The highest BCUT2D eigenvalue weighted by atomic mass is 32.1. The van der Waals surface area contributed by atoms with Crippen LogP contribution < -0.4 is 4.74 Å². The fraction of sp³-hybridized carbons (Fsp3) is 0.250. The van der Waals surface area contributed by atoms with Crippen LogP contribution in [0.25, 0.3) is 0 Å². The summed E-state index contributed by atoms with van der Waals surface area (Å²) in [6.45, 7) is 5.82. The van der Waals surface area contributed by atoms with Crippen molar-refractivity contribution in [2.45, 2.75) is 26.9 Å².